The molecule has 1 aromatic carbocycles. The first-order valence-electron chi connectivity index (χ1n) is 5.44. The van der Waals surface area contributed by atoms with Crippen LogP contribution in [0.5, 0.6) is 0 Å². The molecule has 0 spiro atoms. The van der Waals surface area contributed by atoms with Crippen LogP contribution in [0.1, 0.15) is 27.8 Å². The van der Waals surface area contributed by atoms with Gasteiger partial charge in [-0.15, -0.1) is 0 Å². The molecule has 0 N–H and O–H groups in total. The van der Waals surface area contributed by atoms with E-state index < -0.39 is 5.97 Å². The number of hydrogen-bond acceptors (Lipinski definition) is 5. The summed E-state index contributed by atoms with van der Waals surface area (Å²) in [6.45, 7) is 2.00. The lowest BCUT2D eigenvalue weighted by Gasteiger charge is -1.95. The number of esters is 1. The second-order valence-electron chi connectivity index (χ2n) is 3.54. The number of aldehydes is 1. The highest BCUT2D eigenvalue weighted by atomic mass is 16.6. The summed E-state index contributed by atoms with van der Waals surface area (Å²) in [6.07, 6.45) is 0.761. The third-order valence-corrected chi connectivity index (χ3v) is 2.33. The monoisotopic (exact) mass is 245 g/mol. The quantitative estimate of drug-likeness (QED) is 0.610. The standard InChI is InChI=1S/C13H11NO4/c1-2-17-13(16)12-7-11(14-18-12)10-5-3-9(8-15)4-6-10/h3-8H,2H2,1H3. The number of nitrogens with zero attached hydrogens (tertiary/aromatic N) is 1. The van der Waals surface area contributed by atoms with Gasteiger partial charge in [-0.05, 0) is 6.92 Å². The van der Waals surface area contributed by atoms with Crippen molar-refractivity contribution in [2.24, 2.45) is 0 Å². The second kappa shape index (κ2) is 5.27. The van der Waals surface area contributed by atoms with E-state index in [0.717, 1.165) is 11.8 Å². The van der Waals surface area contributed by atoms with E-state index in [-0.39, 0.29) is 12.4 Å². The van der Waals surface area contributed by atoms with Gasteiger partial charge < -0.3 is 9.26 Å². The van der Waals surface area contributed by atoms with Crippen LogP contribution in [0, 0.1) is 0 Å². The van der Waals surface area contributed by atoms with Crippen molar-refractivity contribution in [1.82, 2.24) is 5.16 Å². The van der Waals surface area contributed by atoms with E-state index in [0.29, 0.717) is 11.3 Å². The van der Waals surface area contributed by atoms with Gasteiger partial charge in [-0.25, -0.2) is 4.79 Å². The predicted molar refractivity (Wildman–Crippen MR) is 63.3 cm³/mol. The number of ether oxygens (including phenoxy) is 1. The Kier molecular flexibility index (Phi) is 3.52. The van der Waals surface area contributed by atoms with Crippen molar-refractivity contribution in [3.05, 3.63) is 41.7 Å². The topological polar surface area (TPSA) is 69.4 Å². The predicted octanol–water partition coefficient (Wildman–Crippen LogP) is 2.33. The van der Waals surface area contributed by atoms with Crippen molar-refractivity contribution < 1.29 is 18.8 Å². The fourth-order valence-electron chi connectivity index (χ4n) is 1.44. The van der Waals surface area contributed by atoms with E-state index in [1.165, 1.54) is 6.07 Å². The lowest BCUT2D eigenvalue weighted by Crippen LogP contribution is -2.02. The molecule has 0 bridgehead atoms. The summed E-state index contributed by atoms with van der Waals surface area (Å²) in [5.41, 5.74) is 1.86. The molecular formula is C13H11NO4. The summed E-state index contributed by atoms with van der Waals surface area (Å²) in [4.78, 5) is 21.9. The number of aromatic nitrogens is 1. The molecule has 0 radical (unpaired) electrons. The molecule has 0 fully saturated rings. The van der Waals surface area contributed by atoms with Gasteiger partial charge >= 0.3 is 5.97 Å². The Bertz CT molecular complexity index is 557. The van der Waals surface area contributed by atoms with Crippen LogP contribution in [0.15, 0.2) is 34.9 Å². The summed E-state index contributed by atoms with van der Waals surface area (Å²) in [5, 5.41) is 3.78. The minimum Gasteiger partial charge on any atom is -0.460 e. The molecule has 5 heteroatoms. The van der Waals surface area contributed by atoms with Gasteiger partial charge in [-0.1, -0.05) is 29.4 Å². The summed E-state index contributed by atoms with van der Waals surface area (Å²) in [6, 6.07) is 8.31. The number of carbonyl (C=O) groups is 2. The molecule has 0 saturated carbocycles. The maximum atomic E-state index is 11.4. The van der Waals surface area contributed by atoms with Crippen molar-refractivity contribution in [2.75, 3.05) is 6.61 Å². The molecule has 0 amide bonds. The fraction of sp³-hybridized carbons (Fsp3) is 0.154. The highest BCUT2D eigenvalue weighted by Crippen LogP contribution is 2.19. The van der Waals surface area contributed by atoms with E-state index in [4.69, 9.17) is 9.26 Å². The molecule has 92 valence electrons. The Balaban J connectivity index is 2.23. The van der Waals surface area contributed by atoms with Gasteiger partial charge in [0.2, 0.25) is 5.76 Å². The zero-order valence-electron chi connectivity index (χ0n) is 9.75. The van der Waals surface area contributed by atoms with Gasteiger partial charge in [0.15, 0.2) is 0 Å². The number of benzene rings is 1. The zero-order valence-corrected chi connectivity index (χ0v) is 9.75. The van der Waals surface area contributed by atoms with Crippen LogP contribution in [-0.4, -0.2) is 24.0 Å². The Hall–Kier alpha value is -2.43. The first-order chi connectivity index (χ1) is 8.74. The molecule has 0 aliphatic rings. The van der Waals surface area contributed by atoms with Crippen molar-refractivity contribution >= 4 is 12.3 Å². The smallest absolute Gasteiger partial charge is 0.377 e. The van der Waals surface area contributed by atoms with Crippen molar-refractivity contribution in [3.8, 4) is 11.3 Å². The third-order valence-electron chi connectivity index (χ3n) is 2.33. The summed E-state index contributed by atoms with van der Waals surface area (Å²) >= 11 is 0. The molecule has 5 nitrogen and oxygen atoms in total. The minimum absolute atomic E-state index is 0.0614. The van der Waals surface area contributed by atoms with Crippen LogP contribution in [0.3, 0.4) is 0 Å². The van der Waals surface area contributed by atoms with Gasteiger partial charge in [-0.3, -0.25) is 4.79 Å². The van der Waals surface area contributed by atoms with Crippen LogP contribution in [0.25, 0.3) is 11.3 Å². The van der Waals surface area contributed by atoms with Crippen LogP contribution in [0.2, 0.25) is 0 Å². The van der Waals surface area contributed by atoms with E-state index in [1.54, 1.807) is 31.2 Å². The number of rotatable bonds is 4. The molecule has 1 aromatic heterocycles. The highest BCUT2D eigenvalue weighted by Gasteiger charge is 2.14. The van der Waals surface area contributed by atoms with Gasteiger partial charge in [0.1, 0.15) is 12.0 Å². The minimum atomic E-state index is -0.541. The molecule has 18 heavy (non-hydrogen) atoms. The van der Waals surface area contributed by atoms with Gasteiger partial charge in [0.25, 0.3) is 0 Å². The first kappa shape index (κ1) is 12.0. The van der Waals surface area contributed by atoms with Crippen molar-refractivity contribution in [1.29, 1.82) is 0 Å². The fourth-order valence-corrected chi connectivity index (χ4v) is 1.44. The van der Waals surface area contributed by atoms with Crippen LogP contribution >= 0.6 is 0 Å². The molecule has 0 saturated heterocycles. The lowest BCUT2D eigenvalue weighted by atomic mass is 10.1. The average molecular weight is 245 g/mol. The first-order valence-corrected chi connectivity index (χ1v) is 5.44. The molecule has 0 atom stereocenters. The Labute approximate surface area is 103 Å². The van der Waals surface area contributed by atoms with Gasteiger partial charge in [-0.2, -0.15) is 0 Å². The SMILES string of the molecule is CCOC(=O)c1cc(-c2ccc(C=O)cc2)no1. The average Bonchev–Trinajstić information content (AvgIpc) is 2.89. The molecular weight excluding hydrogens is 234 g/mol. The van der Waals surface area contributed by atoms with Gasteiger partial charge in [0, 0.05) is 17.2 Å². The number of carbonyl (C=O) groups excluding carboxylic acids is 2. The summed E-state index contributed by atoms with van der Waals surface area (Å²) in [7, 11) is 0. The largest absolute Gasteiger partial charge is 0.460 e. The normalized spacial score (nSPS) is 10.1. The Morgan fingerprint density at radius 1 is 1.39 bits per heavy atom. The number of hydrogen-bond donors (Lipinski definition) is 0. The van der Waals surface area contributed by atoms with Crippen LogP contribution in [0.4, 0.5) is 0 Å². The zero-order chi connectivity index (χ0) is 13.0. The maximum Gasteiger partial charge on any atom is 0.377 e. The Morgan fingerprint density at radius 2 is 2.11 bits per heavy atom. The second-order valence-corrected chi connectivity index (χ2v) is 3.54. The van der Waals surface area contributed by atoms with Crippen molar-refractivity contribution in [3.63, 3.8) is 0 Å². The third kappa shape index (κ3) is 2.45. The Morgan fingerprint density at radius 3 is 2.72 bits per heavy atom. The van der Waals surface area contributed by atoms with E-state index in [2.05, 4.69) is 5.16 Å². The lowest BCUT2D eigenvalue weighted by molar-refractivity contribution is 0.0479. The molecule has 2 aromatic rings. The van der Waals surface area contributed by atoms with E-state index in [9.17, 15) is 9.59 Å². The summed E-state index contributed by atoms with van der Waals surface area (Å²) < 4.78 is 9.69. The van der Waals surface area contributed by atoms with Crippen molar-refractivity contribution in [2.45, 2.75) is 6.92 Å². The van der Waals surface area contributed by atoms with E-state index >= 15 is 0 Å². The van der Waals surface area contributed by atoms with Gasteiger partial charge in [0.05, 0.1) is 6.61 Å². The summed E-state index contributed by atoms with van der Waals surface area (Å²) in [5.74, 6) is -0.480. The highest BCUT2D eigenvalue weighted by molar-refractivity contribution is 5.87. The molecule has 1 heterocycles. The molecule has 0 aliphatic heterocycles. The molecule has 0 unspecified atom stereocenters. The molecule has 0 aliphatic carbocycles. The van der Waals surface area contributed by atoms with Crippen LogP contribution in [-0.2, 0) is 4.74 Å². The van der Waals surface area contributed by atoms with Crippen LogP contribution < -0.4 is 0 Å². The maximum absolute atomic E-state index is 11.4. The molecule has 2 rings (SSSR count). The van der Waals surface area contributed by atoms with E-state index in [1.807, 2.05) is 0 Å².